The first-order valence-corrected chi connectivity index (χ1v) is 12.7. The van der Waals surface area contributed by atoms with E-state index in [1.165, 1.54) is 6.26 Å². The molecule has 2 aromatic carbocycles. The summed E-state index contributed by atoms with van der Waals surface area (Å²) in [5.41, 5.74) is 5.64. The van der Waals surface area contributed by atoms with Crippen molar-refractivity contribution in [3.63, 3.8) is 0 Å². The van der Waals surface area contributed by atoms with E-state index < -0.39 is 9.84 Å². The second-order valence-corrected chi connectivity index (χ2v) is 10.6. The van der Waals surface area contributed by atoms with Gasteiger partial charge in [0.25, 0.3) is 0 Å². The third kappa shape index (κ3) is 4.31. The Bertz CT molecular complexity index is 1310. The van der Waals surface area contributed by atoms with Gasteiger partial charge in [-0.1, -0.05) is 6.07 Å². The average Bonchev–Trinajstić information content (AvgIpc) is 3.41. The van der Waals surface area contributed by atoms with E-state index in [9.17, 15) is 13.2 Å². The fraction of sp³-hybridized carbons (Fsp3) is 0.333. The van der Waals surface area contributed by atoms with Crippen LogP contribution in [0.3, 0.4) is 0 Å². The molecule has 0 N–H and O–H groups in total. The fourth-order valence-corrected chi connectivity index (χ4v) is 5.07. The van der Waals surface area contributed by atoms with Gasteiger partial charge in [0.05, 0.1) is 35.1 Å². The van der Waals surface area contributed by atoms with Crippen molar-refractivity contribution < 1.29 is 22.7 Å². The number of carbonyl (C=O) groups is 1. The first kappa shape index (κ1) is 21.8. The number of hydrogen-bond donors (Lipinski definition) is 0. The van der Waals surface area contributed by atoms with Gasteiger partial charge in [0.1, 0.15) is 6.61 Å². The van der Waals surface area contributed by atoms with Gasteiger partial charge in [-0.15, -0.1) is 0 Å². The topological polar surface area (TPSA) is 90.7 Å². The number of carbonyl (C=O) groups excluding carboxylic acids is 1. The Morgan fingerprint density at radius 1 is 1.15 bits per heavy atom. The van der Waals surface area contributed by atoms with Gasteiger partial charge in [-0.05, 0) is 48.4 Å². The molecule has 2 aliphatic rings. The third-order valence-corrected chi connectivity index (χ3v) is 7.41. The second-order valence-electron chi connectivity index (χ2n) is 8.54. The van der Waals surface area contributed by atoms with Gasteiger partial charge in [-0.2, -0.15) is 5.10 Å². The molecule has 1 saturated heterocycles. The Balaban J connectivity index is 1.28. The van der Waals surface area contributed by atoms with E-state index >= 15 is 0 Å². The van der Waals surface area contributed by atoms with Crippen molar-refractivity contribution in [3.8, 4) is 5.69 Å². The molecular formula is C24H25N3O5S. The van der Waals surface area contributed by atoms with Gasteiger partial charge in [-0.3, -0.25) is 4.90 Å². The number of rotatable bonds is 5. The number of aromatic nitrogens is 2. The highest BCUT2D eigenvalue weighted by Gasteiger charge is 2.29. The summed E-state index contributed by atoms with van der Waals surface area (Å²) in [5.74, 6) is -0.256. The highest BCUT2D eigenvalue weighted by atomic mass is 32.2. The number of nitrogens with zero attached hydrogens (tertiary/aromatic N) is 3. The number of ether oxygens (including phenoxy) is 2. The van der Waals surface area contributed by atoms with Gasteiger partial charge in [0.15, 0.2) is 9.84 Å². The zero-order valence-corrected chi connectivity index (χ0v) is 19.3. The van der Waals surface area contributed by atoms with Crippen LogP contribution in [0.2, 0.25) is 0 Å². The number of fused-ring (bicyclic) bond motifs is 1. The molecule has 0 spiro atoms. The van der Waals surface area contributed by atoms with Crippen molar-refractivity contribution in [2.24, 2.45) is 0 Å². The largest absolute Gasteiger partial charge is 0.457 e. The van der Waals surface area contributed by atoms with E-state index in [2.05, 4.69) is 10.00 Å². The van der Waals surface area contributed by atoms with Crippen LogP contribution in [0.4, 0.5) is 0 Å². The molecule has 33 heavy (non-hydrogen) atoms. The molecule has 172 valence electrons. The van der Waals surface area contributed by atoms with Gasteiger partial charge in [-0.25, -0.2) is 17.9 Å². The molecule has 1 aromatic heterocycles. The van der Waals surface area contributed by atoms with Crippen LogP contribution in [0.5, 0.6) is 0 Å². The molecule has 0 amide bonds. The Hall–Kier alpha value is -3.01. The number of sulfone groups is 1. The summed E-state index contributed by atoms with van der Waals surface area (Å²) in [6, 6.07) is 10.5. The lowest BCUT2D eigenvalue weighted by atomic mass is 9.94. The smallest absolute Gasteiger partial charge is 0.338 e. The van der Waals surface area contributed by atoms with Crippen molar-refractivity contribution in [2.45, 2.75) is 31.1 Å². The summed E-state index contributed by atoms with van der Waals surface area (Å²) in [4.78, 5) is 14.4. The van der Waals surface area contributed by atoms with E-state index in [1.807, 2.05) is 31.5 Å². The van der Waals surface area contributed by atoms with Crippen molar-refractivity contribution in [1.82, 2.24) is 14.7 Å². The van der Waals surface area contributed by atoms with E-state index in [-0.39, 0.29) is 17.0 Å². The van der Waals surface area contributed by atoms with Crippen molar-refractivity contribution in [2.75, 3.05) is 26.0 Å². The first-order chi connectivity index (χ1) is 15.8. The first-order valence-electron chi connectivity index (χ1n) is 10.8. The van der Waals surface area contributed by atoms with Gasteiger partial charge in [0, 0.05) is 43.2 Å². The average molecular weight is 468 g/mol. The summed E-state index contributed by atoms with van der Waals surface area (Å²) < 4.78 is 36.3. The molecule has 3 aromatic rings. The van der Waals surface area contributed by atoms with Crippen molar-refractivity contribution in [3.05, 3.63) is 76.6 Å². The third-order valence-electron chi connectivity index (χ3n) is 6.28. The zero-order valence-electron chi connectivity index (χ0n) is 18.5. The Morgan fingerprint density at radius 2 is 1.94 bits per heavy atom. The predicted molar refractivity (Wildman–Crippen MR) is 121 cm³/mol. The zero-order chi connectivity index (χ0) is 23.2. The van der Waals surface area contributed by atoms with E-state index in [0.29, 0.717) is 18.8 Å². The standard InChI is InChI=1S/C24H25N3O5S/c1-16-20(7-8-21-22(16)15-32-24(21)28)23-14-26(9-10-31-23)12-17-11-25-27(13-17)18-3-5-19(6-4-18)33(2,29)30/h3-8,11,13,23H,9-10,12,14-15H2,1-2H3. The second kappa shape index (κ2) is 8.40. The molecule has 0 saturated carbocycles. The maximum atomic E-state index is 11.8. The maximum absolute atomic E-state index is 11.8. The molecular weight excluding hydrogens is 442 g/mol. The highest BCUT2D eigenvalue weighted by molar-refractivity contribution is 7.90. The monoisotopic (exact) mass is 467 g/mol. The normalized spacial score (nSPS) is 18.8. The van der Waals surface area contributed by atoms with Crippen LogP contribution < -0.4 is 0 Å². The fourth-order valence-electron chi connectivity index (χ4n) is 4.44. The molecule has 1 unspecified atom stereocenters. The Kier molecular flexibility index (Phi) is 5.55. The molecule has 5 rings (SSSR count). The Labute approximate surface area is 192 Å². The van der Waals surface area contributed by atoms with Crippen LogP contribution in [-0.4, -0.2) is 55.0 Å². The molecule has 9 heteroatoms. The van der Waals surface area contributed by atoms with Crippen LogP contribution in [0.25, 0.3) is 5.69 Å². The number of hydrogen-bond acceptors (Lipinski definition) is 7. The molecule has 0 radical (unpaired) electrons. The molecule has 1 fully saturated rings. The quantitative estimate of drug-likeness (QED) is 0.533. The van der Waals surface area contributed by atoms with Gasteiger partial charge in [0.2, 0.25) is 0 Å². The van der Waals surface area contributed by atoms with Gasteiger partial charge >= 0.3 is 5.97 Å². The van der Waals surface area contributed by atoms with Crippen molar-refractivity contribution >= 4 is 15.8 Å². The predicted octanol–water partition coefficient (Wildman–Crippen LogP) is 2.83. The highest BCUT2D eigenvalue weighted by Crippen LogP contribution is 2.32. The van der Waals surface area contributed by atoms with Crippen molar-refractivity contribution in [1.29, 1.82) is 0 Å². The van der Waals surface area contributed by atoms with Gasteiger partial charge < -0.3 is 9.47 Å². The van der Waals surface area contributed by atoms with Crippen LogP contribution >= 0.6 is 0 Å². The van der Waals surface area contributed by atoms with Crippen LogP contribution in [-0.2, 0) is 32.5 Å². The Morgan fingerprint density at radius 3 is 2.70 bits per heavy atom. The molecule has 8 nitrogen and oxygen atoms in total. The lowest BCUT2D eigenvalue weighted by Crippen LogP contribution is -2.38. The number of esters is 1. The van der Waals surface area contributed by atoms with Crippen LogP contribution in [0, 0.1) is 6.92 Å². The maximum Gasteiger partial charge on any atom is 0.338 e. The molecule has 0 aliphatic carbocycles. The number of cyclic esters (lactones) is 1. The summed E-state index contributed by atoms with van der Waals surface area (Å²) in [6.07, 6.45) is 4.92. The van der Waals surface area contributed by atoms with E-state index in [4.69, 9.17) is 9.47 Å². The lowest BCUT2D eigenvalue weighted by Gasteiger charge is -2.33. The van der Waals surface area contributed by atoms with E-state index in [0.717, 1.165) is 47.6 Å². The summed E-state index contributed by atoms with van der Waals surface area (Å²) in [6.45, 7) is 5.26. The van der Waals surface area contributed by atoms with E-state index in [1.54, 1.807) is 28.9 Å². The van der Waals surface area contributed by atoms with Crippen LogP contribution in [0.1, 0.15) is 38.7 Å². The number of morpholine rings is 1. The molecule has 3 heterocycles. The minimum atomic E-state index is -3.23. The summed E-state index contributed by atoms with van der Waals surface area (Å²) >= 11 is 0. The minimum Gasteiger partial charge on any atom is -0.457 e. The molecule has 0 bridgehead atoms. The SMILES string of the molecule is Cc1c(C2CN(Cc3cnn(-c4ccc(S(C)(=O)=O)cc4)c3)CCO2)ccc2c1COC2=O. The lowest BCUT2D eigenvalue weighted by molar-refractivity contribution is -0.0332. The minimum absolute atomic E-state index is 0.0710. The molecule has 2 aliphatic heterocycles. The summed E-state index contributed by atoms with van der Waals surface area (Å²) in [5, 5.41) is 4.44. The summed E-state index contributed by atoms with van der Waals surface area (Å²) in [7, 11) is -3.23. The molecule has 1 atom stereocenters. The number of benzene rings is 2. The van der Waals surface area contributed by atoms with Crippen LogP contribution in [0.15, 0.2) is 53.7 Å².